The minimum atomic E-state index is -0.199. The number of terminal acetylenes is 1. The number of carbonyl (C=O) groups is 2. The summed E-state index contributed by atoms with van der Waals surface area (Å²) in [6, 6.07) is 7.84. The fraction of sp³-hybridized carbons (Fsp3) is 0.458. The molecule has 4 rings (SSSR count). The van der Waals surface area contributed by atoms with Crippen LogP contribution in [0.4, 0.5) is 11.4 Å². The number of hydrogen-bond donors (Lipinski definition) is 1. The van der Waals surface area contributed by atoms with Crippen molar-refractivity contribution in [2.45, 2.75) is 31.6 Å². The number of benzene rings is 1. The summed E-state index contributed by atoms with van der Waals surface area (Å²) in [7, 11) is 0. The molecule has 0 atom stereocenters. The number of nitrogens with zero attached hydrogens (tertiary/aromatic N) is 3. The van der Waals surface area contributed by atoms with E-state index in [2.05, 4.69) is 21.1 Å². The number of amides is 2. The average Bonchev–Trinajstić information content (AvgIpc) is 3.34. The Morgan fingerprint density at radius 3 is 2.69 bits per heavy atom. The van der Waals surface area contributed by atoms with E-state index in [0.29, 0.717) is 44.8 Å². The van der Waals surface area contributed by atoms with Gasteiger partial charge in [-0.2, -0.15) is 0 Å². The number of carbonyl (C=O) groups excluding carboxylic acids is 2. The van der Waals surface area contributed by atoms with E-state index in [4.69, 9.17) is 11.2 Å². The summed E-state index contributed by atoms with van der Waals surface area (Å²) in [6.07, 6.45) is 7.87. The Morgan fingerprint density at radius 1 is 1.19 bits per heavy atom. The summed E-state index contributed by atoms with van der Waals surface area (Å²) in [4.78, 5) is 33.8. The van der Waals surface area contributed by atoms with Gasteiger partial charge in [-0.1, -0.05) is 12.1 Å². The Hall–Kier alpha value is -2.89. The summed E-state index contributed by atoms with van der Waals surface area (Å²) >= 11 is 1.52. The number of nitrogens with one attached hydrogen (secondary N) is 1. The molecular weight excluding hydrogens is 424 g/mol. The number of anilines is 2. The third-order valence-electron chi connectivity index (χ3n) is 5.94. The first-order valence-corrected chi connectivity index (χ1v) is 11.9. The van der Waals surface area contributed by atoms with Crippen molar-refractivity contribution in [2.24, 2.45) is 0 Å². The van der Waals surface area contributed by atoms with Crippen LogP contribution < -0.4 is 10.2 Å². The SMILES string of the molecule is C#CCCC(=O)N1CCC(c2nc(C(=O)Nc3ccccc3N3CCOCC3)cs2)CC1. The first-order valence-electron chi connectivity index (χ1n) is 11.1. The van der Waals surface area contributed by atoms with Crippen molar-refractivity contribution in [1.82, 2.24) is 9.88 Å². The molecule has 0 saturated carbocycles. The molecule has 0 radical (unpaired) electrons. The Labute approximate surface area is 192 Å². The van der Waals surface area contributed by atoms with E-state index in [1.165, 1.54) is 11.3 Å². The molecule has 2 saturated heterocycles. The molecule has 2 aliphatic rings. The first kappa shape index (κ1) is 22.3. The second-order valence-electron chi connectivity index (χ2n) is 8.00. The van der Waals surface area contributed by atoms with Crippen LogP contribution in [0.2, 0.25) is 0 Å². The maximum atomic E-state index is 12.9. The summed E-state index contributed by atoms with van der Waals surface area (Å²) in [6.45, 7) is 4.40. The summed E-state index contributed by atoms with van der Waals surface area (Å²) in [5.41, 5.74) is 2.23. The maximum Gasteiger partial charge on any atom is 0.275 e. The van der Waals surface area contributed by atoms with Crippen LogP contribution in [0.5, 0.6) is 0 Å². The molecule has 7 nitrogen and oxygen atoms in total. The zero-order valence-corrected chi connectivity index (χ0v) is 18.9. The summed E-state index contributed by atoms with van der Waals surface area (Å²) in [5, 5.41) is 5.83. The number of likely N-dealkylation sites (tertiary alicyclic amines) is 1. The molecule has 2 fully saturated rings. The van der Waals surface area contributed by atoms with Crippen LogP contribution in [0.3, 0.4) is 0 Å². The largest absolute Gasteiger partial charge is 0.378 e. The predicted octanol–water partition coefficient (Wildman–Crippen LogP) is 3.35. The average molecular weight is 453 g/mol. The number of aromatic nitrogens is 1. The van der Waals surface area contributed by atoms with Gasteiger partial charge in [0.2, 0.25) is 5.91 Å². The fourth-order valence-corrected chi connectivity index (χ4v) is 5.11. The van der Waals surface area contributed by atoms with Crippen molar-refractivity contribution in [3.63, 3.8) is 0 Å². The third-order valence-corrected chi connectivity index (χ3v) is 6.95. The quantitative estimate of drug-likeness (QED) is 0.681. The summed E-state index contributed by atoms with van der Waals surface area (Å²) < 4.78 is 5.44. The lowest BCUT2D eigenvalue weighted by Gasteiger charge is -2.31. The number of ether oxygens (including phenoxy) is 1. The van der Waals surface area contributed by atoms with Gasteiger partial charge in [0.25, 0.3) is 5.91 Å². The number of piperidine rings is 1. The van der Waals surface area contributed by atoms with Gasteiger partial charge in [-0.15, -0.1) is 23.7 Å². The number of rotatable bonds is 6. The Balaban J connectivity index is 1.36. The standard InChI is InChI=1S/C24H28N4O3S/c1-2-3-8-22(29)28-11-9-18(10-12-28)24-26-20(17-32-24)23(30)25-19-6-4-5-7-21(19)27-13-15-31-16-14-27/h1,4-7,17-18H,3,8-16H2,(H,25,30). The van der Waals surface area contributed by atoms with Crippen LogP contribution in [0.25, 0.3) is 0 Å². The van der Waals surface area contributed by atoms with Crippen molar-refractivity contribution in [3.8, 4) is 12.3 Å². The highest BCUT2D eigenvalue weighted by molar-refractivity contribution is 7.10. The zero-order chi connectivity index (χ0) is 22.3. The van der Waals surface area contributed by atoms with Gasteiger partial charge in [0.1, 0.15) is 5.69 Å². The maximum absolute atomic E-state index is 12.9. The number of thiazole rings is 1. The van der Waals surface area contributed by atoms with Crippen molar-refractivity contribution in [3.05, 3.63) is 40.3 Å². The van der Waals surface area contributed by atoms with Gasteiger partial charge in [0.15, 0.2) is 0 Å². The van der Waals surface area contributed by atoms with Gasteiger partial charge in [0, 0.05) is 50.3 Å². The van der Waals surface area contributed by atoms with E-state index in [0.717, 1.165) is 42.3 Å². The van der Waals surface area contributed by atoms with E-state index in [9.17, 15) is 9.59 Å². The van der Waals surface area contributed by atoms with Crippen LogP contribution in [0.15, 0.2) is 29.6 Å². The Morgan fingerprint density at radius 2 is 1.94 bits per heavy atom. The highest BCUT2D eigenvalue weighted by Crippen LogP contribution is 2.31. The monoisotopic (exact) mass is 452 g/mol. The lowest BCUT2D eigenvalue weighted by molar-refractivity contribution is -0.132. The highest BCUT2D eigenvalue weighted by Gasteiger charge is 2.26. The summed E-state index contributed by atoms with van der Waals surface area (Å²) in [5.74, 6) is 2.73. The minimum absolute atomic E-state index is 0.125. The topological polar surface area (TPSA) is 74.8 Å². The predicted molar refractivity (Wildman–Crippen MR) is 126 cm³/mol. The van der Waals surface area contributed by atoms with Crippen molar-refractivity contribution in [1.29, 1.82) is 0 Å². The second kappa shape index (κ2) is 10.6. The Bertz CT molecular complexity index is 985. The van der Waals surface area contributed by atoms with Crippen LogP contribution in [0, 0.1) is 12.3 Å². The fourth-order valence-electron chi connectivity index (χ4n) is 4.14. The number of para-hydroxylation sites is 2. The van der Waals surface area contributed by atoms with Crippen molar-refractivity contribution < 1.29 is 14.3 Å². The molecule has 168 valence electrons. The molecule has 3 heterocycles. The van der Waals surface area contributed by atoms with Crippen LogP contribution >= 0.6 is 11.3 Å². The minimum Gasteiger partial charge on any atom is -0.378 e. The number of hydrogen-bond acceptors (Lipinski definition) is 6. The molecule has 0 spiro atoms. The smallest absolute Gasteiger partial charge is 0.275 e. The molecule has 1 aromatic carbocycles. The van der Waals surface area contributed by atoms with E-state index in [-0.39, 0.29) is 17.7 Å². The van der Waals surface area contributed by atoms with Gasteiger partial charge in [-0.25, -0.2) is 4.98 Å². The van der Waals surface area contributed by atoms with Crippen LogP contribution in [0.1, 0.15) is 47.1 Å². The molecule has 0 bridgehead atoms. The molecule has 0 aliphatic carbocycles. The van der Waals surface area contributed by atoms with Gasteiger partial charge < -0.3 is 19.9 Å². The second-order valence-corrected chi connectivity index (χ2v) is 8.89. The molecule has 1 N–H and O–H groups in total. The normalized spacial score (nSPS) is 17.1. The Kier molecular flexibility index (Phi) is 7.40. The van der Waals surface area contributed by atoms with Gasteiger partial charge in [-0.3, -0.25) is 9.59 Å². The molecule has 0 unspecified atom stereocenters. The van der Waals surface area contributed by atoms with Gasteiger partial charge in [-0.05, 0) is 25.0 Å². The lowest BCUT2D eigenvalue weighted by Crippen LogP contribution is -2.37. The van der Waals surface area contributed by atoms with Crippen molar-refractivity contribution in [2.75, 3.05) is 49.6 Å². The van der Waals surface area contributed by atoms with E-state index in [1.807, 2.05) is 34.5 Å². The number of morpholine rings is 1. The molecule has 2 aromatic rings. The van der Waals surface area contributed by atoms with E-state index >= 15 is 0 Å². The molecule has 8 heteroatoms. The zero-order valence-electron chi connectivity index (χ0n) is 18.1. The lowest BCUT2D eigenvalue weighted by atomic mass is 9.97. The molecular formula is C24H28N4O3S. The first-order chi connectivity index (χ1) is 15.7. The third kappa shape index (κ3) is 5.29. The highest BCUT2D eigenvalue weighted by atomic mass is 32.1. The van der Waals surface area contributed by atoms with E-state index in [1.54, 1.807) is 0 Å². The van der Waals surface area contributed by atoms with Crippen LogP contribution in [-0.2, 0) is 9.53 Å². The van der Waals surface area contributed by atoms with Gasteiger partial charge >= 0.3 is 0 Å². The van der Waals surface area contributed by atoms with Crippen molar-refractivity contribution >= 4 is 34.5 Å². The van der Waals surface area contributed by atoms with Crippen LogP contribution in [-0.4, -0.2) is 61.1 Å². The molecule has 32 heavy (non-hydrogen) atoms. The molecule has 1 aromatic heterocycles. The molecule has 2 amide bonds. The van der Waals surface area contributed by atoms with E-state index < -0.39 is 0 Å². The molecule has 2 aliphatic heterocycles. The van der Waals surface area contributed by atoms with Gasteiger partial charge in [0.05, 0.1) is 29.6 Å².